The molecule has 1 aromatic carbocycles. The lowest BCUT2D eigenvalue weighted by Crippen LogP contribution is -2.51. The fourth-order valence-corrected chi connectivity index (χ4v) is 3.38. The molecular weight excluding hydrogens is 351 g/mol. The first-order valence-electron chi connectivity index (χ1n) is 9.16. The minimum absolute atomic E-state index is 0.0817. The number of rotatable bonds is 6. The van der Waals surface area contributed by atoms with Crippen LogP contribution in [0.4, 0.5) is 9.18 Å². The average Bonchev–Trinajstić information content (AvgIpc) is 3.21. The number of furan rings is 1. The number of aliphatic hydroxyl groups excluding tert-OH is 1. The lowest BCUT2D eigenvalue weighted by Gasteiger charge is -2.36. The lowest BCUT2D eigenvalue weighted by molar-refractivity contribution is -0.0526. The van der Waals surface area contributed by atoms with Crippen LogP contribution in [0.15, 0.2) is 47.1 Å². The largest absolute Gasteiger partial charge is 0.469 e. The van der Waals surface area contributed by atoms with Gasteiger partial charge in [0.15, 0.2) is 0 Å². The van der Waals surface area contributed by atoms with E-state index in [-0.39, 0.29) is 24.4 Å². The number of halogens is 1. The van der Waals surface area contributed by atoms with Crippen LogP contribution in [0.3, 0.4) is 0 Å². The molecule has 2 amide bonds. The highest BCUT2D eigenvalue weighted by molar-refractivity contribution is 5.74. The van der Waals surface area contributed by atoms with E-state index in [9.17, 15) is 19.4 Å². The molecule has 0 radical (unpaired) electrons. The zero-order valence-electron chi connectivity index (χ0n) is 15.1. The predicted molar refractivity (Wildman–Crippen MR) is 97.8 cm³/mol. The highest BCUT2D eigenvalue weighted by Crippen LogP contribution is 2.28. The van der Waals surface area contributed by atoms with E-state index in [4.69, 9.17) is 4.42 Å². The topological polar surface area (TPSA) is 85.9 Å². The van der Waals surface area contributed by atoms with Crippen molar-refractivity contribution in [2.45, 2.75) is 30.8 Å². The van der Waals surface area contributed by atoms with E-state index in [0.717, 1.165) is 11.3 Å². The zero-order chi connectivity index (χ0) is 19.3. The number of nitrogens with one attached hydrogen (secondary N) is 1. The minimum atomic E-state index is -1.08. The van der Waals surface area contributed by atoms with Crippen molar-refractivity contribution in [3.63, 3.8) is 0 Å². The molecule has 7 heteroatoms. The van der Waals surface area contributed by atoms with Gasteiger partial charge < -0.3 is 24.8 Å². The van der Waals surface area contributed by atoms with Gasteiger partial charge in [0, 0.05) is 25.6 Å². The van der Waals surface area contributed by atoms with Crippen molar-refractivity contribution in [2.24, 2.45) is 0 Å². The second-order valence-corrected chi connectivity index (χ2v) is 7.01. The van der Waals surface area contributed by atoms with Crippen molar-refractivity contribution < 1.29 is 23.8 Å². The van der Waals surface area contributed by atoms with Crippen LogP contribution < -0.4 is 5.32 Å². The van der Waals surface area contributed by atoms with E-state index in [1.807, 2.05) is 6.07 Å². The standard InChI is InChI=1S/C20H25FN2O4/c21-16-5-3-15(4-6-16)17(18-2-1-13-27-18)7-10-22-19(25)23-11-8-20(26,14-24)9-12-23/h1-6,13,17,24,26H,7-12,14H2,(H,22,25)/t17-/m0/s1. The summed E-state index contributed by atoms with van der Waals surface area (Å²) in [5.74, 6) is 0.391. The van der Waals surface area contributed by atoms with Crippen LogP contribution in [0.5, 0.6) is 0 Å². The molecule has 6 nitrogen and oxygen atoms in total. The van der Waals surface area contributed by atoms with Crippen molar-refractivity contribution in [1.82, 2.24) is 10.2 Å². The Morgan fingerprint density at radius 2 is 1.96 bits per heavy atom. The van der Waals surface area contributed by atoms with Crippen molar-refractivity contribution in [3.8, 4) is 0 Å². The minimum Gasteiger partial charge on any atom is -0.469 e. The molecule has 0 unspecified atom stereocenters. The fourth-order valence-electron chi connectivity index (χ4n) is 3.38. The van der Waals surface area contributed by atoms with E-state index in [1.165, 1.54) is 12.1 Å². The molecule has 146 valence electrons. The summed E-state index contributed by atoms with van der Waals surface area (Å²) in [6.07, 6.45) is 2.93. The predicted octanol–water partition coefficient (Wildman–Crippen LogP) is 2.47. The second kappa shape index (κ2) is 8.54. The maximum atomic E-state index is 13.2. The lowest BCUT2D eigenvalue weighted by atomic mass is 9.92. The molecule has 3 N–H and O–H groups in total. The summed E-state index contributed by atoms with van der Waals surface area (Å²) in [5, 5.41) is 22.1. The number of amides is 2. The van der Waals surface area contributed by atoms with Gasteiger partial charge >= 0.3 is 6.03 Å². The van der Waals surface area contributed by atoms with Crippen LogP contribution in [0, 0.1) is 5.82 Å². The van der Waals surface area contributed by atoms with Crippen LogP contribution in [-0.2, 0) is 0 Å². The molecular formula is C20H25FN2O4. The Kier molecular flexibility index (Phi) is 6.13. The Bertz CT molecular complexity index is 725. The molecule has 0 bridgehead atoms. The van der Waals surface area contributed by atoms with Crippen LogP contribution in [-0.4, -0.2) is 53.0 Å². The number of piperidine rings is 1. The molecule has 1 atom stereocenters. The molecule has 2 heterocycles. The van der Waals surface area contributed by atoms with Gasteiger partial charge in [-0.05, 0) is 49.1 Å². The summed E-state index contributed by atoms with van der Waals surface area (Å²) in [7, 11) is 0. The van der Waals surface area contributed by atoms with Gasteiger partial charge in [-0.3, -0.25) is 0 Å². The summed E-state index contributed by atoms with van der Waals surface area (Å²) in [6.45, 7) is 0.957. The number of aliphatic hydroxyl groups is 2. The summed E-state index contributed by atoms with van der Waals surface area (Å²) < 4.78 is 18.7. The van der Waals surface area contributed by atoms with E-state index in [1.54, 1.807) is 29.4 Å². The van der Waals surface area contributed by atoms with Gasteiger partial charge in [-0.1, -0.05) is 12.1 Å². The van der Waals surface area contributed by atoms with E-state index in [2.05, 4.69) is 5.32 Å². The third-order valence-electron chi connectivity index (χ3n) is 5.14. The number of nitrogens with zero attached hydrogens (tertiary/aromatic N) is 1. The molecule has 0 aliphatic carbocycles. The molecule has 1 saturated heterocycles. The van der Waals surface area contributed by atoms with Gasteiger partial charge in [-0.25, -0.2) is 9.18 Å². The van der Waals surface area contributed by atoms with Gasteiger partial charge in [-0.15, -0.1) is 0 Å². The van der Waals surface area contributed by atoms with Gasteiger partial charge in [0.05, 0.1) is 18.5 Å². The highest BCUT2D eigenvalue weighted by Gasteiger charge is 2.33. The Balaban J connectivity index is 1.55. The highest BCUT2D eigenvalue weighted by atomic mass is 19.1. The van der Waals surface area contributed by atoms with Crippen molar-refractivity contribution in [3.05, 3.63) is 59.8 Å². The number of hydrogen-bond acceptors (Lipinski definition) is 4. The van der Waals surface area contributed by atoms with E-state index in [0.29, 0.717) is 38.9 Å². The van der Waals surface area contributed by atoms with Crippen molar-refractivity contribution in [1.29, 1.82) is 0 Å². The molecule has 1 aliphatic heterocycles. The monoisotopic (exact) mass is 376 g/mol. The first kappa shape index (κ1) is 19.4. The molecule has 27 heavy (non-hydrogen) atoms. The Morgan fingerprint density at radius 3 is 2.56 bits per heavy atom. The first-order chi connectivity index (χ1) is 13.0. The summed E-state index contributed by atoms with van der Waals surface area (Å²) in [5.41, 5.74) is -0.157. The number of benzene rings is 1. The first-order valence-corrected chi connectivity index (χ1v) is 9.16. The smallest absolute Gasteiger partial charge is 0.317 e. The number of carbonyl (C=O) groups excluding carboxylic acids is 1. The Labute approximate surface area is 157 Å². The number of hydrogen-bond donors (Lipinski definition) is 3. The average molecular weight is 376 g/mol. The van der Waals surface area contributed by atoms with Crippen LogP contribution in [0.2, 0.25) is 0 Å². The number of carbonyl (C=O) groups is 1. The molecule has 1 fully saturated rings. The fraction of sp³-hybridized carbons (Fsp3) is 0.450. The van der Waals surface area contributed by atoms with Crippen LogP contribution in [0.1, 0.15) is 36.5 Å². The summed E-state index contributed by atoms with van der Waals surface area (Å²) in [4.78, 5) is 14.0. The number of likely N-dealkylation sites (tertiary alicyclic amines) is 1. The van der Waals surface area contributed by atoms with Gasteiger partial charge in [0.2, 0.25) is 0 Å². The third-order valence-corrected chi connectivity index (χ3v) is 5.14. The Hall–Kier alpha value is -2.38. The van der Waals surface area contributed by atoms with Crippen LogP contribution in [0.25, 0.3) is 0 Å². The normalized spacial score (nSPS) is 17.5. The molecule has 0 spiro atoms. The maximum absolute atomic E-state index is 13.2. The SMILES string of the molecule is O=C(NCC[C@@H](c1ccc(F)cc1)c1ccco1)N1CCC(O)(CO)CC1. The number of urea groups is 1. The molecule has 1 aliphatic rings. The van der Waals surface area contributed by atoms with Gasteiger partial charge in [0.25, 0.3) is 0 Å². The maximum Gasteiger partial charge on any atom is 0.317 e. The molecule has 3 rings (SSSR count). The molecule has 1 aromatic heterocycles. The van der Waals surface area contributed by atoms with E-state index < -0.39 is 5.60 Å². The molecule has 2 aromatic rings. The quantitative estimate of drug-likeness (QED) is 0.723. The second-order valence-electron chi connectivity index (χ2n) is 7.01. The third kappa shape index (κ3) is 4.87. The molecule has 0 saturated carbocycles. The summed E-state index contributed by atoms with van der Waals surface area (Å²) in [6, 6.07) is 9.78. The Morgan fingerprint density at radius 1 is 1.26 bits per heavy atom. The van der Waals surface area contributed by atoms with Crippen LogP contribution >= 0.6 is 0 Å². The zero-order valence-corrected chi connectivity index (χ0v) is 15.1. The van der Waals surface area contributed by atoms with Gasteiger partial charge in [-0.2, -0.15) is 0 Å². The van der Waals surface area contributed by atoms with E-state index >= 15 is 0 Å². The van der Waals surface area contributed by atoms with Crippen molar-refractivity contribution in [2.75, 3.05) is 26.2 Å². The van der Waals surface area contributed by atoms with Crippen molar-refractivity contribution >= 4 is 6.03 Å². The van der Waals surface area contributed by atoms with Gasteiger partial charge in [0.1, 0.15) is 11.6 Å². The summed E-state index contributed by atoms with van der Waals surface area (Å²) >= 11 is 0.